The van der Waals surface area contributed by atoms with E-state index in [0.29, 0.717) is 17.4 Å². The number of guanidine groups is 1. The first-order valence-electron chi connectivity index (χ1n) is 8.20. The normalized spacial score (nSPS) is 13.0. The van der Waals surface area contributed by atoms with Crippen LogP contribution in [0.4, 0.5) is 0 Å². The minimum absolute atomic E-state index is 0.0771. The van der Waals surface area contributed by atoms with Gasteiger partial charge in [0.2, 0.25) is 10.0 Å². The third-order valence-corrected chi connectivity index (χ3v) is 5.74. The van der Waals surface area contributed by atoms with Gasteiger partial charge >= 0.3 is 0 Å². The van der Waals surface area contributed by atoms with E-state index in [1.54, 1.807) is 26.2 Å². The fourth-order valence-electron chi connectivity index (χ4n) is 1.93. The molecule has 0 amide bonds. The van der Waals surface area contributed by atoms with E-state index in [1.165, 1.54) is 4.31 Å². The zero-order chi connectivity index (χ0) is 18.3. The van der Waals surface area contributed by atoms with Gasteiger partial charge in [-0.25, -0.2) is 8.42 Å². The molecule has 6 nitrogen and oxygen atoms in total. The van der Waals surface area contributed by atoms with Gasteiger partial charge in [-0.3, -0.25) is 4.99 Å². The number of benzene rings is 1. The summed E-state index contributed by atoms with van der Waals surface area (Å²) in [5.74, 6) is 1.27. The Morgan fingerprint density at radius 2 is 1.71 bits per heavy atom. The monoisotopic (exact) mass is 354 g/mol. The summed E-state index contributed by atoms with van der Waals surface area (Å²) in [4.78, 5) is 4.48. The van der Waals surface area contributed by atoms with Crippen LogP contribution in [0.1, 0.15) is 33.3 Å². The second kappa shape index (κ2) is 9.03. The molecule has 2 N–H and O–H groups in total. The summed E-state index contributed by atoms with van der Waals surface area (Å²) in [6.07, 6.45) is 0. The van der Waals surface area contributed by atoms with Crippen molar-refractivity contribution in [2.45, 2.75) is 45.2 Å². The predicted octanol–water partition coefficient (Wildman–Crippen LogP) is 2.04. The Labute approximate surface area is 146 Å². The smallest absolute Gasteiger partial charge is 0.243 e. The van der Waals surface area contributed by atoms with E-state index in [0.717, 1.165) is 18.1 Å². The number of aliphatic imine (C=N–C) groups is 1. The highest BCUT2D eigenvalue weighted by Gasteiger charge is 2.22. The van der Waals surface area contributed by atoms with Crippen molar-refractivity contribution < 1.29 is 8.42 Å². The molecule has 136 valence electrons. The highest BCUT2D eigenvalue weighted by Crippen LogP contribution is 2.17. The van der Waals surface area contributed by atoms with E-state index in [9.17, 15) is 8.42 Å². The number of sulfonamides is 1. The van der Waals surface area contributed by atoms with E-state index in [4.69, 9.17) is 0 Å². The van der Waals surface area contributed by atoms with Crippen LogP contribution in [-0.2, 0) is 16.6 Å². The van der Waals surface area contributed by atoms with Gasteiger partial charge in [0, 0.05) is 33.2 Å². The Kier molecular flexibility index (Phi) is 7.69. The van der Waals surface area contributed by atoms with E-state index >= 15 is 0 Å². The molecule has 1 rings (SSSR count). The first-order valence-corrected chi connectivity index (χ1v) is 9.64. The maximum absolute atomic E-state index is 12.4. The summed E-state index contributed by atoms with van der Waals surface area (Å²) in [7, 11) is -0.106. The average molecular weight is 355 g/mol. The van der Waals surface area contributed by atoms with Crippen LogP contribution >= 0.6 is 0 Å². The van der Waals surface area contributed by atoms with Gasteiger partial charge in [-0.15, -0.1) is 0 Å². The Morgan fingerprint density at radius 1 is 1.12 bits per heavy atom. The molecular weight excluding hydrogens is 324 g/mol. The molecule has 24 heavy (non-hydrogen) atoms. The van der Waals surface area contributed by atoms with Gasteiger partial charge in [-0.1, -0.05) is 26.0 Å². The lowest BCUT2D eigenvalue weighted by atomic mass is 10.2. The first kappa shape index (κ1) is 20.4. The molecule has 0 heterocycles. The average Bonchev–Trinajstić information content (AvgIpc) is 2.54. The molecule has 0 radical (unpaired) electrons. The molecule has 1 aromatic rings. The maximum atomic E-state index is 12.4. The first-order chi connectivity index (χ1) is 11.2. The second-order valence-electron chi connectivity index (χ2n) is 6.46. The lowest BCUT2D eigenvalue weighted by Gasteiger charge is -2.21. The number of hydrogen-bond donors (Lipinski definition) is 2. The summed E-state index contributed by atoms with van der Waals surface area (Å²) in [5.41, 5.74) is 0.994. The largest absolute Gasteiger partial charge is 0.356 e. The van der Waals surface area contributed by atoms with Crippen LogP contribution < -0.4 is 10.6 Å². The Balaban J connectivity index is 2.71. The van der Waals surface area contributed by atoms with Crippen molar-refractivity contribution >= 4 is 16.0 Å². The van der Waals surface area contributed by atoms with Crippen LogP contribution in [0, 0.1) is 5.92 Å². The molecule has 0 spiro atoms. The molecule has 1 aromatic carbocycles. The predicted molar refractivity (Wildman–Crippen MR) is 99.6 cm³/mol. The molecule has 0 saturated heterocycles. The molecule has 0 aliphatic rings. The van der Waals surface area contributed by atoms with E-state index in [1.807, 2.05) is 26.0 Å². The number of nitrogens with zero attached hydrogens (tertiary/aromatic N) is 2. The van der Waals surface area contributed by atoms with Gasteiger partial charge in [0.05, 0.1) is 4.90 Å². The number of hydrogen-bond acceptors (Lipinski definition) is 3. The van der Waals surface area contributed by atoms with Crippen LogP contribution in [0.3, 0.4) is 0 Å². The summed E-state index contributed by atoms with van der Waals surface area (Å²) in [6, 6.07) is 6.87. The fraction of sp³-hybridized carbons (Fsp3) is 0.588. The summed E-state index contributed by atoms with van der Waals surface area (Å²) in [6.45, 7) is 9.40. The zero-order valence-corrected chi connectivity index (χ0v) is 16.3. The topological polar surface area (TPSA) is 73.8 Å². The Morgan fingerprint density at radius 3 is 2.17 bits per heavy atom. The molecule has 7 heteroatoms. The van der Waals surface area contributed by atoms with Crippen LogP contribution in [0.15, 0.2) is 34.2 Å². The second-order valence-corrected chi connectivity index (χ2v) is 8.46. The van der Waals surface area contributed by atoms with Crippen molar-refractivity contribution in [3.63, 3.8) is 0 Å². The minimum Gasteiger partial charge on any atom is -0.356 e. The van der Waals surface area contributed by atoms with E-state index < -0.39 is 10.0 Å². The molecule has 0 saturated carbocycles. The van der Waals surface area contributed by atoms with Crippen LogP contribution in [0.25, 0.3) is 0 Å². The molecular formula is C17H30N4O2S. The fourth-order valence-corrected chi connectivity index (χ4v) is 3.30. The van der Waals surface area contributed by atoms with Crippen molar-refractivity contribution in [3.8, 4) is 0 Å². The molecule has 0 bridgehead atoms. The van der Waals surface area contributed by atoms with E-state index in [-0.39, 0.29) is 6.04 Å². The third-order valence-electron chi connectivity index (χ3n) is 3.69. The SMILES string of the molecule is CN=C(NCc1ccc(S(=O)(=O)N(C)C(C)C)cc1)NCC(C)C. The van der Waals surface area contributed by atoms with Gasteiger partial charge in [0.1, 0.15) is 0 Å². The van der Waals surface area contributed by atoms with Crippen molar-refractivity contribution in [2.75, 3.05) is 20.6 Å². The van der Waals surface area contributed by atoms with Gasteiger partial charge in [-0.05, 0) is 37.5 Å². The van der Waals surface area contributed by atoms with Crippen LogP contribution in [0.5, 0.6) is 0 Å². The van der Waals surface area contributed by atoms with Crippen molar-refractivity contribution in [3.05, 3.63) is 29.8 Å². The van der Waals surface area contributed by atoms with Crippen molar-refractivity contribution in [2.24, 2.45) is 10.9 Å². The van der Waals surface area contributed by atoms with Crippen LogP contribution in [-0.4, -0.2) is 45.4 Å². The van der Waals surface area contributed by atoms with Gasteiger partial charge in [0.15, 0.2) is 5.96 Å². The summed E-state index contributed by atoms with van der Waals surface area (Å²) >= 11 is 0. The number of nitrogens with one attached hydrogen (secondary N) is 2. The quantitative estimate of drug-likeness (QED) is 0.580. The third kappa shape index (κ3) is 5.79. The Hall–Kier alpha value is -1.60. The molecule has 0 atom stereocenters. The standard InChI is InChI=1S/C17H30N4O2S/c1-13(2)11-19-17(18-5)20-12-15-7-9-16(10-8-15)24(22,23)21(6)14(3)4/h7-10,13-14H,11-12H2,1-6H3,(H2,18,19,20). The van der Waals surface area contributed by atoms with Crippen LogP contribution in [0.2, 0.25) is 0 Å². The maximum Gasteiger partial charge on any atom is 0.243 e. The number of rotatable bonds is 7. The lowest BCUT2D eigenvalue weighted by molar-refractivity contribution is 0.410. The molecule has 0 fully saturated rings. The molecule has 0 aliphatic heterocycles. The Bertz CT molecular complexity index is 637. The minimum atomic E-state index is -3.43. The lowest BCUT2D eigenvalue weighted by Crippen LogP contribution is -2.38. The highest BCUT2D eigenvalue weighted by atomic mass is 32.2. The zero-order valence-electron chi connectivity index (χ0n) is 15.5. The highest BCUT2D eigenvalue weighted by molar-refractivity contribution is 7.89. The molecule has 0 unspecified atom stereocenters. The van der Waals surface area contributed by atoms with Gasteiger partial charge in [-0.2, -0.15) is 4.31 Å². The van der Waals surface area contributed by atoms with Crippen molar-refractivity contribution in [1.29, 1.82) is 0 Å². The van der Waals surface area contributed by atoms with E-state index in [2.05, 4.69) is 29.5 Å². The van der Waals surface area contributed by atoms with Crippen molar-refractivity contribution in [1.82, 2.24) is 14.9 Å². The van der Waals surface area contributed by atoms with Gasteiger partial charge < -0.3 is 10.6 Å². The van der Waals surface area contributed by atoms with Gasteiger partial charge in [0.25, 0.3) is 0 Å². The summed E-state index contributed by atoms with van der Waals surface area (Å²) in [5, 5.41) is 6.46. The summed E-state index contributed by atoms with van der Waals surface area (Å²) < 4.78 is 26.2. The molecule has 0 aromatic heterocycles. The molecule has 0 aliphatic carbocycles.